The first-order valence-corrected chi connectivity index (χ1v) is 11.3. The number of sulfonamides is 1. The van der Waals surface area contributed by atoms with Crippen LogP contribution in [0.25, 0.3) is 0 Å². The number of ether oxygens (including phenoxy) is 2. The van der Waals surface area contributed by atoms with Gasteiger partial charge in [-0.25, -0.2) is 8.42 Å². The van der Waals surface area contributed by atoms with Gasteiger partial charge >= 0.3 is 0 Å². The molecule has 4 rings (SSSR count). The number of aromatic nitrogens is 1. The average Bonchev–Trinajstić information content (AvgIpc) is 3.05. The molecule has 1 unspecified atom stereocenters. The fourth-order valence-electron chi connectivity index (χ4n) is 4.52. The minimum atomic E-state index is -3.77. The minimum Gasteiger partial charge on any atom is -0.497 e. The van der Waals surface area contributed by atoms with Crippen LogP contribution >= 0.6 is 0 Å². The standard InChI is InChI=1S/C21H25N3O5S/c1-28-18-5-6-19(29-2)20(13-18)30(26,27)24-16-3-4-17(24)12-15(11-16)23-21(25)14-7-9-22-10-8-14/h5-10,13,15-17H,3-4,11-12H2,1-2H3,(H,23,25)/t15?,16-,17+. The van der Waals surface area contributed by atoms with Crippen molar-refractivity contribution in [1.29, 1.82) is 0 Å². The SMILES string of the molecule is COc1ccc(OC)c(S(=O)(=O)N2[C@@H]3CC[C@H]2CC(NC(=O)c2ccncc2)C3)c1. The number of pyridine rings is 1. The fourth-order valence-corrected chi connectivity index (χ4v) is 6.58. The Labute approximate surface area is 176 Å². The summed E-state index contributed by atoms with van der Waals surface area (Å²) in [5.74, 6) is 0.595. The highest BCUT2D eigenvalue weighted by molar-refractivity contribution is 7.89. The Bertz CT molecular complexity index is 1010. The summed E-state index contributed by atoms with van der Waals surface area (Å²) in [6, 6.07) is 7.73. The topological polar surface area (TPSA) is 97.8 Å². The van der Waals surface area contributed by atoms with E-state index in [4.69, 9.17) is 9.47 Å². The molecule has 160 valence electrons. The van der Waals surface area contributed by atoms with Crippen molar-refractivity contribution >= 4 is 15.9 Å². The first-order chi connectivity index (χ1) is 14.4. The van der Waals surface area contributed by atoms with Crippen molar-refractivity contribution in [2.24, 2.45) is 0 Å². The Hall–Kier alpha value is -2.65. The van der Waals surface area contributed by atoms with Gasteiger partial charge in [0.1, 0.15) is 16.4 Å². The Morgan fingerprint density at radius 3 is 2.33 bits per heavy atom. The second-order valence-electron chi connectivity index (χ2n) is 7.61. The third-order valence-electron chi connectivity index (χ3n) is 5.87. The van der Waals surface area contributed by atoms with Crippen molar-refractivity contribution < 1.29 is 22.7 Å². The van der Waals surface area contributed by atoms with Crippen LogP contribution < -0.4 is 14.8 Å². The number of carbonyl (C=O) groups excluding carboxylic acids is 1. The minimum absolute atomic E-state index is 0.0678. The van der Waals surface area contributed by atoms with Crippen LogP contribution in [0.1, 0.15) is 36.0 Å². The summed E-state index contributed by atoms with van der Waals surface area (Å²) in [5.41, 5.74) is 0.550. The van der Waals surface area contributed by atoms with Gasteiger partial charge in [-0.3, -0.25) is 9.78 Å². The fraction of sp³-hybridized carbons (Fsp3) is 0.429. The highest BCUT2D eigenvalue weighted by atomic mass is 32.2. The molecule has 2 saturated heterocycles. The number of piperidine rings is 1. The summed E-state index contributed by atoms with van der Waals surface area (Å²) in [4.78, 5) is 16.5. The highest BCUT2D eigenvalue weighted by Gasteiger charge is 2.48. The van der Waals surface area contributed by atoms with Crippen LogP contribution in [0.5, 0.6) is 11.5 Å². The molecular formula is C21H25N3O5S. The third-order valence-corrected chi connectivity index (χ3v) is 7.90. The van der Waals surface area contributed by atoms with Gasteiger partial charge < -0.3 is 14.8 Å². The zero-order valence-corrected chi connectivity index (χ0v) is 17.8. The second kappa shape index (κ2) is 8.23. The summed E-state index contributed by atoms with van der Waals surface area (Å²) in [6.07, 6.45) is 5.87. The van der Waals surface area contributed by atoms with Crippen molar-refractivity contribution in [3.05, 3.63) is 48.3 Å². The first-order valence-electron chi connectivity index (χ1n) is 9.90. The number of hydrogen-bond acceptors (Lipinski definition) is 6. The molecule has 2 aliphatic heterocycles. The maximum atomic E-state index is 13.5. The number of carbonyl (C=O) groups is 1. The maximum absolute atomic E-state index is 13.5. The quantitative estimate of drug-likeness (QED) is 0.753. The van der Waals surface area contributed by atoms with Gasteiger partial charge in [-0.15, -0.1) is 0 Å². The number of hydrogen-bond donors (Lipinski definition) is 1. The van der Waals surface area contributed by atoms with Crippen LogP contribution in [0.2, 0.25) is 0 Å². The second-order valence-corrected chi connectivity index (χ2v) is 9.43. The molecule has 0 aliphatic carbocycles. The van der Waals surface area contributed by atoms with Gasteiger partial charge in [-0.1, -0.05) is 0 Å². The lowest BCUT2D eigenvalue weighted by molar-refractivity contribution is 0.0909. The Morgan fingerprint density at radius 1 is 1.07 bits per heavy atom. The number of benzene rings is 1. The van der Waals surface area contributed by atoms with Crippen molar-refractivity contribution in [3.63, 3.8) is 0 Å². The van der Waals surface area contributed by atoms with Gasteiger partial charge in [-0.2, -0.15) is 4.31 Å². The van der Waals surface area contributed by atoms with E-state index in [1.165, 1.54) is 20.3 Å². The molecule has 1 N–H and O–H groups in total. The zero-order chi connectivity index (χ0) is 21.3. The van der Waals surface area contributed by atoms with Gasteiger partial charge in [-0.05, 0) is 49.9 Å². The van der Waals surface area contributed by atoms with E-state index in [2.05, 4.69) is 10.3 Å². The van der Waals surface area contributed by atoms with E-state index in [9.17, 15) is 13.2 Å². The normalized spacial score (nSPS) is 23.7. The van der Waals surface area contributed by atoms with Gasteiger partial charge in [0.05, 0.1) is 14.2 Å². The van der Waals surface area contributed by atoms with E-state index < -0.39 is 10.0 Å². The van der Waals surface area contributed by atoms with Crippen LogP contribution in [0, 0.1) is 0 Å². The molecule has 0 radical (unpaired) electrons. The smallest absolute Gasteiger partial charge is 0.251 e. The largest absolute Gasteiger partial charge is 0.497 e. The summed E-state index contributed by atoms with van der Waals surface area (Å²) in [7, 11) is -0.816. The van der Waals surface area contributed by atoms with E-state index >= 15 is 0 Å². The monoisotopic (exact) mass is 431 g/mol. The summed E-state index contributed by atoms with van der Waals surface area (Å²) < 4.78 is 39.2. The summed E-state index contributed by atoms with van der Waals surface area (Å²) in [5, 5.41) is 3.06. The molecule has 1 amide bonds. The summed E-state index contributed by atoms with van der Waals surface area (Å²) in [6.45, 7) is 0. The van der Waals surface area contributed by atoms with E-state index in [0.29, 0.717) is 29.9 Å². The zero-order valence-electron chi connectivity index (χ0n) is 16.9. The van der Waals surface area contributed by atoms with Gasteiger partial charge in [0.15, 0.2) is 0 Å². The lowest BCUT2D eigenvalue weighted by atomic mass is 9.99. The highest BCUT2D eigenvalue weighted by Crippen LogP contribution is 2.42. The molecule has 1 aromatic carbocycles. The van der Waals surface area contributed by atoms with Crippen molar-refractivity contribution in [3.8, 4) is 11.5 Å². The van der Waals surface area contributed by atoms with Crippen LogP contribution in [-0.2, 0) is 10.0 Å². The van der Waals surface area contributed by atoms with Crippen molar-refractivity contribution in [2.75, 3.05) is 14.2 Å². The molecule has 3 heterocycles. The molecule has 9 heteroatoms. The number of fused-ring (bicyclic) bond motifs is 2. The van der Waals surface area contributed by atoms with Crippen molar-refractivity contribution in [1.82, 2.24) is 14.6 Å². The van der Waals surface area contributed by atoms with Gasteiger partial charge in [0.25, 0.3) is 5.91 Å². The number of amides is 1. The van der Waals surface area contributed by atoms with Crippen LogP contribution in [0.4, 0.5) is 0 Å². The Balaban J connectivity index is 1.55. The van der Waals surface area contributed by atoms with Gasteiger partial charge in [0.2, 0.25) is 10.0 Å². The third kappa shape index (κ3) is 3.75. The molecule has 0 spiro atoms. The molecule has 1 aromatic heterocycles. The molecule has 3 atom stereocenters. The lowest BCUT2D eigenvalue weighted by Gasteiger charge is -2.38. The molecule has 2 aliphatic rings. The average molecular weight is 432 g/mol. The molecule has 0 saturated carbocycles. The first kappa shape index (κ1) is 20.6. The van der Waals surface area contributed by atoms with Crippen LogP contribution in [0.15, 0.2) is 47.6 Å². The maximum Gasteiger partial charge on any atom is 0.251 e. The lowest BCUT2D eigenvalue weighted by Crippen LogP contribution is -2.52. The predicted octanol–water partition coefficient (Wildman–Crippen LogP) is 2.21. The number of methoxy groups -OCH3 is 2. The molecule has 2 aromatic rings. The van der Waals surface area contributed by atoms with Crippen molar-refractivity contribution in [2.45, 2.75) is 48.7 Å². The Morgan fingerprint density at radius 2 is 1.73 bits per heavy atom. The summed E-state index contributed by atoms with van der Waals surface area (Å²) >= 11 is 0. The molecule has 30 heavy (non-hydrogen) atoms. The van der Waals surface area contributed by atoms with Crippen LogP contribution in [-0.4, -0.2) is 56.0 Å². The molecule has 8 nitrogen and oxygen atoms in total. The molecule has 2 bridgehead atoms. The van der Waals surface area contributed by atoms with E-state index in [1.54, 1.807) is 41.0 Å². The number of nitrogens with zero attached hydrogens (tertiary/aromatic N) is 2. The Kier molecular flexibility index (Phi) is 5.66. The molecule has 2 fully saturated rings. The number of rotatable bonds is 6. The van der Waals surface area contributed by atoms with Crippen LogP contribution in [0.3, 0.4) is 0 Å². The van der Waals surface area contributed by atoms with E-state index in [0.717, 1.165) is 12.8 Å². The van der Waals surface area contributed by atoms with Gasteiger partial charge in [0, 0.05) is 42.1 Å². The van der Waals surface area contributed by atoms with E-state index in [-0.39, 0.29) is 28.9 Å². The molecular weight excluding hydrogens is 406 g/mol. The van der Waals surface area contributed by atoms with E-state index in [1.807, 2.05) is 0 Å². The predicted molar refractivity (Wildman–Crippen MR) is 110 cm³/mol. The number of nitrogens with one attached hydrogen (secondary N) is 1.